The molecule has 1 aliphatic heterocycles. The standard InChI is InChI=1S/C14H28N2O2S/c1-3-14(4-2)7-10-16(11-8-14)19(17,18)12-9-15-13-5-6-13/h13,15H,3-12H2,1-2H3. The van der Waals surface area contributed by atoms with E-state index in [1.54, 1.807) is 4.31 Å². The Kier molecular flexibility index (Phi) is 4.90. The molecule has 0 amide bonds. The maximum atomic E-state index is 12.3. The van der Waals surface area contributed by atoms with Crippen LogP contribution in [0.5, 0.6) is 0 Å². The predicted octanol–water partition coefficient (Wildman–Crippen LogP) is 1.97. The van der Waals surface area contributed by atoms with Gasteiger partial charge in [0.2, 0.25) is 10.0 Å². The average Bonchev–Trinajstić information content (AvgIpc) is 3.23. The van der Waals surface area contributed by atoms with E-state index in [0.29, 0.717) is 31.1 Å². The van der Waals surface area contributed by atoms with E-state index in [-0.39, 0.29) is 5.75 Å². The molecule has 1 N–H and O–H groups in total. The molecule has 1 saturated heterocycles. The molecule has 1 saturated carbocycles. The zero-order chi connectivity index (χ0) is 13.9. The second-order valence-corrected chi connectivity index (χ2v) is 8.24. The quantitative estimate of drug-likeness (QED) is 0.779. The van der Waals surface area contributed by atoms with Gasteiger partial charge in [0.05, 0.1) is 5.75 Å². The molecule has 4 nitrogen and oxygen atoms in total. The Morgan fingerprint density at radius 1 is 1.16 bits per heavy atom. The van der Waals surface area contributed by atoms with Crippen LogP contribution in [0, 0.1) is 5.41 Å². The van der Waals surface area contributed by atoms with Crippen molar-refractivity contribution in [3.05, 3.63) is 0 Å². The van der Waals surface area contributed by atoms with E-state index in [2.05, 4.69) is 19.2 Å². The van der Waals surface area contributed by atoms with Crippen molar-refractivity contribution in [1.29, 1.82) is 0 Å². The van der Waals surface area contributed by atoms with Gasteiger partial charge in [-0.2, -0.15) is 0 Å². The van der Waals surface area contributed by atoms with Gasteiger partial charge in [-0.1, -0.05) is 26.7 Å². The van der Waals surface area contributed by atoms with Crippen LogP contribution in [0.1, 0.15) is 52.4 Å². The lowest BCUT2D eigenvalue weighted by Crippen LogP contribution is -2.44. The molecule has 1 aliphatic carbocycles. The van der Waals surface area contributed by atoms with Gasteiger partial charge in [0, 0.05) is 25.7 Å². The van der Waals surface area contributed by atoms with Crippen molar-refractivity contribution >= 4 is 10.0 Å². The first-order valence-electron chi connectivity index (χ1n) is 7.72. The Morgan fingerprint density at radius 3 is 2.21 bits per heavy atom. The number of hydrogen-bond donors (Lipinski definition) is 1. The Morgan fingerprint density at radius 2 is 1.74 bits per heavy atom. The lowest BCUT2D eigenvalue weighted by atomic mass is 9.75. The lowest BCUT2D eigenvalue weighted by Gasteiger charge is -2.40. The summed E-state index contributed by atoms with van der Waals surface area (Å²) in [5, 5.41) is 3.28. The third kappa shape index (κ3) is 3.92. The largest absolute Gasteiger partial charge is 0.313 e. The molecule has 19 heavy (non-hydrogen) atoms. The van der Waals surface area contributed by atoms with Crippen molar-refractivity contribution < 1.29 is 8.42 Å². The molecular weight excluding hydrogens is 260 g/mol. The van der Waals surface area contributed by atoms with Crippen molar-refractivity contribution in [2.75, 3.05) is 25.4 Å². The molecule has 0 aromatic carbocycles. The summed E-state index contributed by atoms with van der Waals surface area (Å²) in [6.07, 6.45) is 6.80. The molecule has 0 spiro atoms. The van der Waals surface area contributed by atoms with Gasteiger partial charge in [-0.05, 0) is 31.1 Å². The van der Waals surface area contributed by atoms with E-state index in [0.717, 1.165) is 12.8 Å². The van der Waals surface area contributed by atoms with Crippen LogP contribution < -0.4 is 5.32 Å². The minimum Gasteiger partial charge on any atom is -0.313 e. The van der Waals surface area contributed by atoms with Crippen LogP contribution in [0.25, 0.3) is 0 Å². The van der Waals surface area contributed by atoms with Gasteiger partial charge < -0.3 is 5.32 Å². The summed E-state index contributed by atoms with van der Waals surface area (Å²) in [5.74, 6) is 0.259. The van der Waals surface area contributed by atoms with E-state index >= 15 is 0 Å². The van der Waals surface area contributed by atoms with E-state index < -0.39 is 10.0 Å². The molecule has 0 atom stereocenters. The molecular formula is C14H28N2O2S. The molecule has 2 fully saturated rings. The monoisotopic (exact) mass is 288 g/mol. The summed E-state index contributed by atoms with van der Waals surface area (Å²) < 4.78 is 26.2. The minimum absolute atomic E-state index is 0.259. The van der Waals surface area contributed by atoms with Crippen molar-refractivity contribution in [2.45, 2.75) is 58.4 Å². The highest BCUT2D eigenvalue weighted by atomic mass is 32.2. The molecule has 0 bridgehead atoms. The van der Waals surface area contributed by atoms with Crippen molar-refractivity contribution in [1.82, 2.24) is 9.62 Å². The molecule has 0 unspecified atom stereocenters. The third-order valence-corrected chi connectivity index (χ3v) is 6.92. The molecule has 0 aromatic rings. The normalized spacial score (nSPS) is 24.5. The van der Waals surface area contributed by atoms with Gasteiger partial charge in [-0.25, -0.2) is 12.7 Å². The number of sulfonamides is 1. The fourth-order valence-electron chi connectivity index (χ4n) is 3.00. The number of piperidine rings is 1. The van der Waals surface area contributed by atoms with Gasteiger partial charge in [0.15, 0.2) is 0 Å². The molecule has 0 radical (unpaired) electrons. The van der Waals surface area contributed by atoms with E-state index in [4.69, 9.17) is 0 Å². The Labute approximate surface area is 118 Å². The highest BCUT2D eigenvalue weighted by Crippen LogP contribution is 2.38. The first-order chi connectivity index (χ1) is 9.01. The molecule has 112 valence electrons. The molecule has 2 rings (SSSR count). The van der Waals surface area contributed by atoms with E-state index in [9.17, 15) is 8.42 Å². The zero-order valence-corrected chi connectivity index (χ0v) is 13.1. The summed E-state index contributed by atoms with van der Waals surface area (Å²) in [4.78, 5) is 0. The number of nitrogens with one attached hydrogen (secondary N) is 1. The van der Waals surface area contributed by atoms with Crippen molar-refractivity contribution in [2.24, 2.45) is 5.41 Å². The van der Waals surface area contributed by atoms with Crippen molar-refractivity contribution in [3.63, 3.8) is 0 Å². The Balaban J connectivity index is 1.81. The molecule has 0 aromatic heterocycles. The summed E-state index contributed by atoms with van der Waals surface area (Å²) in [7, 11) is -3.05. The fourth-order valence-corrected chi connectivity index (χ4v) is 4.38. The molecule has 5 heteroatoms. The predicted molar refractivity (Wildman–Crippen MR) is 78.6 cm³/mol. The Bertz CT molecular complexity index is 376. The summed E-state index contributed by atoms with van der Waals surface area (Å²) in [6, 6.07) is 0.587. The third-order valence-electron chi connectivity index (χ3n) is 5.05. The van der Waals surface area contributed by atoms with Gasteiger partial charge in [-0.15, -0.1) is 0 Å². The van der Waals surface area contributed by atoms with Crippen LogP contribution in [-0.2, 0) is 10.0 Å². The maximum absolute atomic E-state index is 12.3. The topological polar surface area (TPSA) is 49.4 Å². The zero-order valence-electron chi connectivity index (χ0n) is 12.3. The maximum Gasteiger partial charge on any atom is 0.215 e. The van der Waals surface area contributed by atoms with Crippen LogP contribution in [0.2, 0.25) is 0 Å². The van der Waals surface area contributed by atoms with Crippen LogP contribution in [0.15, 0.2) is 0 Å². The van der Waals surface area contributed by atoms with Crippen LogP contribution in [0.3, 0.4) is 0 Å². The summed E-state index contributed by atoms with van der Waals surface area (Å²) in [5.41, 5.74) is 0.387. The second kappa shape index (κ2) is 6.10. The van der Waals surface area contributed by atoms with Gasteiger partial charge >= 0.3 is 0 Å². The van der Waals surface area contributed by atoms with Crippen LogP contribution in [0.4, 0.5) is 0 Å². The smallest absolute Gasteiger partial charge is 0.215 e. The van der Waals surface area contributed by atoms with Gasteiger partial charge in [0.1, 0.15) is 0 Å². The first-order valence-corrected chi connectivity index (χ1v) is 9.33. The highest BCUT2D eigenvalue weighted by molar-refractivity contribution is 7.89. The van der Waals surface area contributed by atoms with Crippen LogP contribution >= 0.6 is 0 Å². The SMILES string of the molecule is CCC1(CC)CCN(S(=O)(=O)CCNC2CC2)CC1. The van der Waals surface area contributed by atoms with Gasteiger partial charge in [0.25, 0.3) is 0 Å². The molecule has 1 heterocycles. The number of rotatable bonds is 7. The fraction of sp³-hybridized carbons (Fsp3) is 1.00. The minimum atomic E-state index is -3.05. The van der Waals surface area contributed by atoms with Crippen LogP contribution in [-0.4, -0.2) is 44.2 Å². The van der Waals surface area contributed by atoms with E-state index in [1.807, 2.05) is 0 Å². The second-order valence-electron chi connectivity index (χ2n) is 6.15. The average molecular weight is 288 g/mol. The number of nitrogens with zero attached hydrogens (tertiary/aromatic N) is 1. The van der Waals surface area contributed by atoms with E-state index in [1.165, 1.54) is 25.7 Å². The van der Waals surface area contributed by atoms with Gasteiger partial charge in [-0.3, -0.25) is 0 Å². The Hall–Kier alpha value is -0.130. The summed E-state index contributed by atoms with van der Waals surface area (Å²) >= 11 is 0. The summed E-state index contributed by atoms with van der Waals surface area (Å²) in [6.45, 7) is 6.50. The molecule has 2 aliphatic rings. The first kappa shape index (κ1) is 15.3. The van der Waals surface area contributed by atoms with Crippen molar-refractivity contribution in [3.8, 4) is 0 Å². The highest BCUT2D eigenvalue weighted by Gasteiger charge is 2.35. The number of hydrogen-bond acceptors (Lipinski definition) is 3. The lowest BCUT2D eigenvalue weighted by molar-refractivity contribution is 0.141.